The van der Waals surface area contributed by atoms with Crippen LogP contribution in [-0.2, 0) is 4.79 Å². The number of likely N-dealkylation sites (tertiary alicyclic amines) is 2. The van der Waals surface area contributed by atoms with E-state index in [1.807, 2.05) is 11.8 Å². The minimum atomic E-state index is -0.0654. The summed E-state index contributed by atoms with van der Waals surface area (Å²) in [5, 5.41) is 0. The molecule has 6 heteroatoms. The maximum absolute atomic E-state index is 12.2. The summed E-state index contributed by atoms with van der Waals surface area (Å²) in [6.45, 7) is 6.45. The largest absolute Gasteiger partial charge is 0.342 e. The molecule has 1 aromatic heterocycles. The van der Waals surface area contributed by atoms with Crippen molar-refractivity contribution in [3.05, 3.63) is 23.8 Å². The molecule has 2 fully saturated rings. The first-order chi connectivity index (χ1) is 9.49. The third-order valence-corrected chi connectivity index (χ3v) is 4.22. The van der Waals surface area contributed by atoms with Gasteiger partial charge in [0.1, 0.15) is 5.69 Å². The molecule has 2 amide bonds. The Morgan fingerprint density at radius 3 is 2.40 bits per heavy atom. The third kappa shape index (κ3) is 2.15. The van der Waals surface area contributed by atoms with Crippen LogP contribution in [-0.4, -0.2) is 57.8 Å². The van der Waals surface area contributed by atoms with Gasteiger partial charge in [-0.15, -0.1) is 0 Å². The van der Waals surface area contributed by atoms with Crippen molar-refractivity contribution in [3.63, 3.8) is 0 Å². The predicted molar refractivity (Wildman–Crippen MR) is 72.0 cm³/mol. The molecule has 1 spiro atoms. The van der Waals surface area contributed by atoms with Gasteiger partial charge in [0.25, 0.3) is 5.91 Å². The van der Waals surface area contributed by atoms with Gasteiger partial charge in [-0.25, -0.2) is 4.98 Å². The molecule has 3 rings (SSSR count). The van der Waals surface area contributed by atoms with Crippen LogP contribution in [0.3, 0.4) is 0 Å². The summed E-state index contributed by atoms with van der Waals surface area (Å²) in [7, 11) is 0. The van der Waals surface area contributed by atoms with E-state index in [9.17, 15) is 9.59 Å². The zero-order chi connectivity index (χ0) is 14.3. The number of nitrogens with zero attached hydrogens (tertiary/aromatic N) is 4. The highest BCUT2D eigenvalue weighted by Gasteiger charge is 2.50. The lowest BCUT2D eigenvalue weighted by Gasteiger charge is -2.47. The molecule has 2 saturated heterocycles. The fraction of sp³-hybridized carbons (Fsp3) is 0.571. The molecular formula is C14H18N4O2. The Balaban J connectivity index is 1.62. The summed E-state index contributed by atoms with van der Waals surface area (Å²) in [6, 6.07) is 0. The van der Waals surface area contributed by atoms with Crippen LogP contribution in [0.5, 0.6) is 0 Å². The second-order valence-corrected chi connectivity index (χ2v) is 5.89. The van der Waals surface area contributed by atoms with Crippen LogP contribution in [0.2, 0.25) is 0 Å². The average Bonchev–Trinajstić information content (AvgIpc) is 2.82. The summed E-state index contributed by atoms with van der Waals surface area (Å²) in [4.78, 5) is 35.5. The number of rotatable bonds is 1. The molecule has 0 unspecified atom stereocenters. The zero-order valence-electron chi connectivity index (χ0n) is 11.8. The highest BCUT2D eigenvalue weighted by molar-refractivity contribution is 5.92. The van der Waals surface area contributed by atoms with Crippen molar-refractivity contribution in [1.29, 1.82) is 0 Å². The number of carbonyl (C=O) groups is 2. The Morgan fingerprint density at radius 2 is 1.85 bits per heavy atom. The van der Waals surface area contributed by atoms with Gasteiger partial charge in [0, 0.05) is 44.7 Å². The predicted octanol–water partition coefficient (Wildman–Crippen LogP) is 0.479. The zero-order valence-corrected chi connectivity index (χ0v) is 11.8. The van der Waals surface area contributed by atoms with Crippen LogP contribution >= 0.6 is 0 Å². The summed E-state index contributed by atoms with van der Waals surface area (Å²) >= 11 is 0. The van der Waals surface area contributed by atoms with E-state index in [2.05, 4.69) is 9.97 Å². The Hall–Kier alpha value is -1.98. The van der Waals surface area contributed by atoms with Crippen molar-refractivity contribution >= 4 is 11.8 Å². The van der Waals surface area contributed by atoms with Gasteiger partial charge in [-0.2, -0.15) is 0 Å². The minimum absolute atomic E-state index is 0.0654. The van der Waals surface area contributed by atoms with E-state index in [4.69, 9.17) is 0 Å². The second-order valence-electron chi connectivity index (χ2n) is 5.89. The van der Waals surface area contributed by atoms with Gasteiger partial charge in [-0.1, -0.05) is 0 Å². The van der Waals surface area contributed by atoms with Gasteiger partial charge in [0.2, 0.25) is 5.91 Å². The van der Waals surface area contributed by atoms with Gasteiger partial charge in [-0.05, 0) is 13.3 Å². The van der Waals surface area contributed by atoms with Crippen molar-refractivity contribution in [2.75, 3.05) is 26.2 Å². The van der Waals surface area contributed by atoms with Crippen LogP contribution in [0.1, 0.15) is 29.5 Å². The summed E-state index contributed by atoms with van der Waals surface area (Å²) in [5.74, 6) is 0.0560. The van der Waals surface area contributed by atoms with E-state index >= 15 is 0 Å². The first-order valence-electron chi connectivity index (χ1n) is 6.83. The van der Waals surface area contributed by atoms with Crippen LogP contribution in [0.25, 0.3) is 0 Å². The van der Waals surface area contributed by atoms with Gasteiger partial charge >= 0.3 is 0 Å². The van der Waals surface area contributed by atoms with Crippen LogP contribution in [0.15, 0.2) is 12.4 Å². The van der Waals surface area contributed by atoms with Crippen molar-refractivity contribution < 1.29 is 9.59 Å². The van der Waals surface area contributed by atoms with E-state index in [-0.39, 0.29) is 17.2 Å². The van der Waals surface area contributed by atoms with Gasteiger partial charge in [0.15, 0.2) is 0 Å². The molecule has 106 valence electrons. The molecule has 0 N–H and O–H groups in total. The summed E-state index contributed by atoms with van der Waals surface area (Å²) < 4.78 is 0. The quantitative estimate of drug-likeness (QED) is 0.747. The molecule has 0 aromatic carbocycles. The van der Waals surface area contributed by atoms with E-state index in [0.29, 0.717) is 18.8 Å². The number of carbonyl (C=O) groups excluding carboxylic acids is 2. The molecule has 0 radical (unpaired) electrons. The van der Waals surface area contributed by atoms with Crippen LogP contribution < -0.4 is 0 Å². The number of aryl methyl sites for hydroxylation is 1. The fourth-order valence-corrected chi connectivity index (χ4v) is 3.03. The molecular weight excluding hydrogens is 256 g/mol. The van der Waals surface area contributed by atoms with E-state index in [1.165, 1.54) is 6.20 Å². The lowest BCUT2D eigenvalue weighted by Crippen LogP contribution is -2.59. The minimum Gasteiger partial charge on any atom is -0.342 e. The van der Waals surface area contributed by atoms with E-state index in [1.54, 1.807) is 18.0 Å². The molecule has 1 aromatic rings. The van der Waals surface area contributed by atoms with Crippen molar-refractivity contribution in [2.24, 2.45) is 5.41 Å². The molecule has 0 saturated carbocycles. The lowest BCUT2D eigenvalue weighted by molar-refractivity contribution is -0.128. The summed E-state index contributed by atoms with van der Waals surface area (Å²) in [6.07, 6.45) is 4.12. The first kappa shape index (κ1) is 13.0. The maximum Gasteiger partial charge on any atom is 0.274 e. The fourth-order valence-electron chi connectivity index (χ4n) is 3.03. The Morgan fingerprint density at radius 1 is 1.15 bits per heavy atom. The van der Waals surface area contributed by atoms with E-state index < -0.39 is 0 Å². The van der Waals surface area contributed by atoms with Gasteiger partial charge in [0.05, 0.1) is 11.9 Å². The number of aromatic nitrogens is 2. The molecule has 2 aliphatic heterocycles. The highest BCUT2D eigenvalue weighted by atomic mass is 16.2. The van der Waals surface area contributed by atoms with Crippen LogP contribution in [0.4, 0.5) is 0 Å². The van der Waals surface area contributed by atoms with Crippen molar-refractivity contribution in [3.8, 4) is 0 Å². The third-order valence-electron chi connectivity index (χ3n) is 4.22. The van der Waals surface area contributed by atoms with Crippen LogP contribution in [0, 0.1) is 12.3 Å². The normalized spacial score (nSPS) is 20.1. The summed E-state index contributed by atoms with van der Waals surface area (Å²) in [5.41, 5.74) is 1.31. The topological polar surface area (TPSA) is 66.4 Å². The standard InChI is InChI=1S/C14H18N4O2/c1-10-5-16-12(6-15-10)13(20)18-8-14(9-18)3-4-17(7-14)11(2)19/h5-6H,3-4,7-9H2,1-2H3. The molecule has 20 heavy (non-hydrogen) atoms. The molecule has 0 aliphatic carbocycles. The molecule has 2 aliphatic rings. The lowest BCUT2D eigenvalue weighted by atomic mass is 9.79. The van der Waals surface area contributed by atoms with Crippen molar-refractivity contribution in [1.82, 2.24) is 19.8 Å². The second kappa shape index (κ2) is 4.54. The molecule has 0 bridgehead atoms. The monoisotopic (exact) mass is 274 g/mol. The SMILES string of the molecule is CC(=O)N1CCC2(C1)CN(C(=O)c1cnc(C)cn1)C2. The Kier molecular flexibility index (Phi) is 2.96. The number of amides is 2. The number of hydrogen-bond donors (Lipinski definition) is 0. The van der Waals surface area contributed by atoms with Gasteiger partial charge in [-0.3, -0.25) is 14.6 Å². The molecule has 3 heterocycles. The number of hydrogen-bond acceptors (Lipinski definition) is 4. The first-order valence-corrected chi connectivity index (χ1v) is 6.83. The highest BCUT2D eigenvalue weighted by Crippen LogP contribution is 2.39. The van der Waals surface area contributed by atoms with E-state index in [0.717, 1.165) is 25.2 Å². The molecule has 6 nitrogen and oxygen atoms in total. The maximum atomic E-state index is 12.2. The smallest absolute Gasteiger partial charge is 0.274 e. The van der Waals surface area contributed by atoms with Crippen molar-refractivity contribution in [2.45, 2.75) is 20.3 Å². The Labute approximate surface area is 117 Å². The average molecular weight is 274 g/mol. The van der Waals surface area contributed by atoms with Gasteiger partial charge < -0.3 is 9.80 Å². The molecule has 0 atom stereocenters. The Bertz CT molecular complexity index is 549.